The first kappa shape index (κ1) is 17.8. The molecular weight excluding hydrogens is 288 g/mol. The zero-order valence-corrected chi connectivity index (χ0v) is 14.7. The average molecular weight is 318 g/mol. The lowest BCUT2D eigenvalue weighted by molar-refractivity contribution is -0.127. The molecule has 1 heterocycles. The Morgan fingerprint density at radius 1 is 1.35 bits per heavy atom. The van der Waals surface area contributed by atoms with Gasteiger partial charge in [0.1, 0.15) is 5.75 Å². The van der Waals surface area contributed by atoms with Gasteiger partial charge >= 0.3 is 0 Å². The van der Waals surface area contributed by atoms with E-state index in [1.807, 2.05) is 31.2 Å². The van der Waals surface area contributed by atoms with E-state index < -0.39 is 6.10 Å². The number of rotatable bonds is 7. The first-order valence-corrected chi connectivity index (χ1v) is 8.81. The smallest absolute Gasteiger partial charge is 0.260 e. The number of ether oxygens (including phenoxy) is 1. The van der Waals surface area contributed by atoms with Crippen LogP contribution in [0.4, 0.5) is 0 Å². The number of aryl methyl sites for hydroxylation is 1. The zero-order chi connectivity index (χ0) is 16.7. The summed E-state index contributed by atoms with van der Waals surface area (Å²) in [6.07, 6.45) is 3.99. The summed E-state index contributed by atoms with van der Waals surface area (Å²) in [5.41, 5.74) is 1.14. The summed E-state index contributed by atoms with van der Waals surface area (Å²) in [6, 6.07) is 7.92. The van der Waals surface area contributed by atoms with Crippen LogP contribution in [-0.2, 0) is 11.2 Å². The van der Waals surface area contributed by atoms with Gasteiger partial charge in [-0.2, -0.15) is 0 Å². The van der Waals surface area contributed by atoms with Crippen molar-refractivity contribution in [1.82, 2.24) is 10.2 Å². The molecule has 1 aliphatic rings. The van der Waals surface area contributed by atoms with Crippen molar-refractivity contribution >= 4 is 5.91 Å². The summed E-state index contributed by atoms with van der Waals surface area (Å²) in [5.74, 6) is 1.53. The second kappa shape index (κ2) is 8.92. The van der Waals surface area contributed by atoms with Gasteiger partial charge in [0.25, 0.3) is 5.91 Å². The average Bonchev–Trinajstić information content (AvgIpc) is 2.57. The van der Waals surface area contributed by atoms with Crippen LogP contribution in [0.1, 0.15) is 38.7 Å². The van der Waals surface area contributed by atoms with Crippen molar-refractivity contribution in [3.63, 3.8) is 0 Å². The summed E-state index contributed by atoms with van der Waals surface area (Å²) in [4.78, 5) is 14.6. The van der Waals surface area contributed by atoms with Crippen LogP contribution in [-0.4, -0.2) is 43.6 Å². The van der Waals surface area contributed by atoms with Crippen molar-refractivity contribution in [2.45, 2.75) is 45.6 Å². The molecule has 4 nitrogen and oxygen atoms in total. The molecule has 23 heavy (non-hydrogen) atoms. The third-order valence-electron chi connectivity index (χ3n) is 4.72. The molecule has 4 heteroatoms. The minimum atomic E-state index is -0.458. The number of carbonyl (C=O) groups is 1. The number of nitrogens with zero attached hydrogens (tertiary/aromatic N) is 1. The second-order valence-electron chi connectivity index (χ2n) is 6.55. The quantitative estimate of drug-likeness (QED) is 0.840. The van der Waals surface area contributed by atoms with E-state index in [9.17, 15) is 4.79 Å². The molecule has 1 unspecified atom stereocenters. The molecule has 0 aromatic heterocycles. The Hall–Kier alpha value is -1.55. The highest BCUT2D eigenvalue weighted by atomic mass is 16.5. The lowest BCUT2D eigenvalue weighted by Gasteiger charge is -2.29. The minimum absolute atomic E-state index is 0.0242. The van der Waals surface area contributed by atoms with Crippen LogP contribution in [0.5, 0.6) is 5.75 Å². The Morgan fingerprint density at radius 2 is 2.04 bits per heavy atom. The number of piperidine rings is 1. The highest BCUT2D eigenvalue weighted by Gasteiger charge is 2.18. The molecule has 1 amide bonds. The van der Waals surface area contributed by atoms with Crippen molar-refractivity contribution in [2.75, 3.05) is 26.7 Å². The zero-order valence-electron chi connectivity index (χ0n) is 14.7. The first-order chi connectivity index (χ1) is 11.1. The predicted octanol–water partition coefficient (Wildman–Crippen LogP) is 2.86. The van der Waals surface area contributed by atoms with Gasteiger partial charge in [0, 0.05) is 6.54 Å². The molecule has 1 aliphatic heterocycles. The number of carbonyl (C=O) groups excluding carboxylic acids is 1. The highest BCUT2D eigenvalue weighted by molar-refractivity contribution is 5.80. The molecule has 1 aromatic carbocycles. The second-order valence-corrected chi connectivity index (χ2v) is 6.55. The molecule has 1 atom stereocenters. The van der Waals surface area contributed by atoms with Crippen LogP contribution in [0, 0.1) is 5.92 Å². The van der Waals surface area contributed by atoms with Crippen molar-refractivity contribution in [3.05, 3.63) is 29.8 Å². The maximum absolute atomic E-state index is 12.2. The molecule has 2 rings (SSSR count). The molecule has 0 bridgehead atoms. The Balaban J connectivity index is 1.72. The monoisotopic (exact) mass is 318 g/mol. The van der Waals surface area contributed by atoms with Crippen molar-refractivity contribution in [3.8, 4) is 5.75 Å². The Labute approximate surface area is 140 Å². The van der Waals surface area contributed by atoms with Crippen LogP contribution in [0.15, 0.2) is 24.3 Å². The number of para-hydroxylation sites is 1. The van der Waals surface area contributed by atoms with Gasteiger partial charge in [-0.15, -0.1) is 0 Å². The Kier molecular flexibility index (Phi) is 6.90. The summed E-state index contributed by atoms with van der Waals surface area (Å²) in [6.45, 7) is 7.00. The van der Waals surface area contributed by atoms with Gasteiger partial charge in [-0.25, -0.2) is 0 Å². The van der Waals surface area contributed by atoms with E-state index in [0.717, 1.165) is 36.6 Å². The molecule has 1 aromatic rings. The van der Waals surface area contributed by atoms with Crippen molar-refractivity contribution in [1.29, 1.82) is 0 Å². The van der Waals surface area contributed by atoms with Crippen LogP contribution in [0.2, 0.25) is 0 Å². The molecule has 0 radical (unpaired) electrons. The summed E-state index contributed by atoms with van der Waals surface area (Å²) in [7, 11) is 2.17. The van der Waals surface area contributed by atoms with Gasteiger partial charge in [-0.1, -0.05) is 25.1 Å². The third-order valence-corrected chi connectivity index (χ3v) is 4.72. The van der Waals surface area contributed by atoms with Gasteiger partial charge in [0.05, 0.1) is 0 Å². The van der Waals surface area contributed by atoms with Gasteiger partial charge in [-0.05, 0) is 70.3 Å². The predicted molar refractivity (Wildman–Crippen MR) is 93.8 cm³/mol. The fourth-order valence-corrected chi connectivity index (χ4v) is 3.05. The molecule has 128 valence electrons. The van der Waals surface area contributed by atoms with Gasteiger partial charge < -0.3 is 15.0 Å². The Morgan fingerprint density at radius 3 is 2.74 bits per heavy atom. The molecule has 1 fully saturated rings. The first-order valence-electron chi connectivity index (χ1n) is 8.81. The fourth-order valence-electron chi connectivity index (χ4n) is 3.05. The molecule has 1 N–H and O–H groups in total. The van der Waals surface area contributed by atoms with E-state index in [0.29, 0.717) is 0 Å². The van der Waals surface area contributed by atoms with E-state index in [-0.39, 0.29) is 5.91 Å². The van der Waals surface area contributed by atoms with E-state index in [2.05, 4.69) is 24.2 Å². The topological polar surface area (TPSA) is 41.6 Å². The van der Waals surface area contributed by atoms with E-state index in [1.165, 1.54) is 25.9 Å². The van der Waals surface area contributed by atoms with E-state index in [4.69, 9.17) is 4.74 Å². The number of amides is 1. The number of hydrogen-bond donors (Lipinski definition) is 1. The van der Waals surface area contributed by atoms with Crippen LogP contribution in [0.3, 0.4) is 0 Å². The van der Waals surface area contributed by atoms with Crippen LogP contribution < -0.4 is 10.1 Å². The minimum Gasteiger partial charge on any atom is -0.481 e. The normalized spacial score (nSPS) is 17.7. The maximum Gasteiger partial charge on any atom is 0.260 e. The molecule has 1 saturated heterocycles. The SMILES string of the molecule is CCc1ccccc1OC(C)C(=O)NCCC1CCN(C)CC1. The molecule has 0 spiro atoms. The summed E-state index contributed by atoms with van der Waals surface area (Å²) < 4.78 is 5.84. The van der Waals surface area contributed by atoms with Gasteiger partial charge in [-0.3, -0.25) is 4.79 Å². The largest absolute Gasteiger partial charge is 0.481 e. The standard InChI is InChI=1S/C19H30N2O2/c1-4-17-7-5-6-8-18(17)23-15(2)19(22)20-12-9-16-10-13-21(3)14-11-16/h5-8,15-16H,4,9-14H2,1-3H3,(H,20,22). The number of nitrogens with one attached hydrogen (secondary N) is 1. The van der Waals surface area contributed by atoms with Gasteiger partial charge in [0.2, 0.25) is 0 Å². The van der Waals surface area contributed by atoms with Crippen molar-refractivity contribution in [2.24, 2.45) is 5.92 Å². The summed E-state index contributed by atoms with van der Waals surface area (Å²) >= 11 is 0. The summed E-state index contributed by atoms with van der Waals surface area (Å²) in [5, 5.41) is 3.02. The molecule has 0 aliphatic carbocycles. The third kappa shape index (κ3) is 5.54. The van der Waals surface area contributed by atoms with E-state index in [1.54, 1.807) is 0 Å². The molecule has 0 saturated carbocycles. The number of benzene rings is 1. The van der Waals surface area contributed by atoms with Crippen LogP contribution >= 0.6 is 0 Å². The van der Waals surface area contributed by atoms with Crippen LogP contribution in [0.25, 0.3) is 0 Å². The van der Waals surface area contributed by atoms with E-state index >= 15 is 0 Å². The maximum atomic E-state index is 12.2. The number of hydrogen-bond acceptors (Lipinski definition) is 3. The molecular formula is C19H30N2O2. The lowest BCUT2D eigenvalue weighted by Crippen LogP contribution is -2.38. The van der Waals surface area contributed by atoms with Crippen molar-refractivity contribution < 1.29 is 9.53 Å². The highest BCUT2D eigenvalue weighted by Crippen LogP contribution is 2.20. The Bertz CT molecular complexity index is 496. The van der Waals surface area contributed by atoms with Gasteiger partial charge in [0.15, 0.2) is 6.10 Å². The fraction of sp³-hybridized carbons (Fsp3) is 0.632. The lowest BCUT2D eigenvalue weighted by atomic mass is 9.94. The number of likely N-dealkylation sites (tertiary alicyclic amines) is 1.